The SMILES string of the molecule is C=C/C=C(\C=C/CC)/C=C(\C#N)c1ccc(/C(C#N)=C/c2ccc(C)cc2)cc1.CC. The second kappa shape index (κ2) is 14.2. The Morgan fingerprint density at radius 2 is 1.45 bits per heavy atom. The summed E-state index contributed by atoms with van der Waals surface area (Å²) in [5, 5.41) is 19.2. The summed E-state index contributed by atoms with van der Waals surface area (Å²) in [4.78, 5) is 0. The Morgan fingerprint density at radius 1 is 0.903 bits per heavy atom. The average Bonchev–Trinajstić information content (AvgIpc) is 2.82. The molecule has 2 rings (SSSR count). The largest absolute Gasteiger partial charge is 0.192 e. The van der Waals surface area contributed by atoms with Crippen LogP contribution >= 0.6 is 0 Å². The Balaban J connectivity index is 0.00000233. The first kappa shape index (κ1) is 25.2. The van der Waals surface area contributed by atoms with Gasteiger partial charge < -0.3 is 0 Å². The van der Waals surface area contributed by atoms with Crippen LogP contribution in [0.4, 0.5) is 0 Å². The molecule has 0 amide bonds. The molecular formula is C29H30N2. The van der Waals surface area contributed by atoms with Crippen molar-refractivity contribution < 1.29 is 0 Å². The molecule has 0 aromatic heterocycles. The first-order valence-corrected chi connectivity index (χ1v) is 10.5. The van der Waals surface area contributed by atoms with Crippen LogP contribution in [0.5, 0.6) is 0 Å². The predicted molar refractivity (Wildman–Crippen MR) is 134 cm³/mol. The molecule has 0 fully saturated rings. The third-order valence-electron chi connectivity index (χ3n) is 4.30. The minimum atomic E-state index is 0.562. The van der Waals surface area contributed by atoms with Crippen LogP contribution in [0.1, 0.15) is 49.4 Å². The van der Waals surface area contributed by atoms with Gasteiger partial charge in [0.15, 0.2) is 0 Å². The molecule has 0 unspecified atom stereocenters. The molecule has 0 aliphatic heterocycles. The van der Waals surface area contributed by atoms with Crippen molar-refractivity contribution in [3.63, 3.8) is 0 Å². The van der Waals surface area contributed by atoms with Crippen LogP contribution in [0.25, 0.3) is 17.2 Å². The highest BCUT2D eigenvalue weighted by Gasteiger charge is 2.05. The highest BCUT2D eigenvalue weighted by molar-refractivity contribution is 5.90. The molecule has 2 heteroatoms. The van der Waals surface area contributed by atoms with Crippen molar-refractivity contribution in [1.29, 1.82) is 10.5 Å². The molecule has 0 bridgehead atoms. The van der Waals surface area contributed by atoms with Crippen LogP contribution in [0.3, 0.4) is 0 Å². The Kier molecular flexibility index (Phi) is 11.5. The van der Waals surface area contributed by atoms with Crippen molar-refractivity contribution in [3.05, 3.63) is 113 Å². The molecule has 156 valence electrons. The molecule has 0 N–H and O–H groups in total. The molecule has 31 heavy (non-hydrogen) atoms. The van der Waals surface area contributed by atoms with Crippen LogP contribution in [0.2, 0.25) is 0 Å². The molecule has 2 aromatic rings. The van der Waals surface area contributed by atoms with E-state index in [2.05, 4.69) is 25.6 Å². The zero-order valence-corrected chi connectivity index (χ0v) is 18.9. The fourth-order valence-corrected chi connectivity index (χ4v) is 2.73. The van der Waals surface area contributed by atoms with Gasteiger partial charge in [-0.05, 0) is 47.8 Å². The van der Waals surface area contributed by atoms with Gasteiger partial charge in [0.2, 0.25) is 0 Å². The van der Waals surface area contributed by atoms with E-state index >= 15 is 0 Å². The van der Waals surface area contributed by atoms with Gasteiger partial charge in [0.1, 0.15) is 0 Å². The first-order chi connectivity index (χ1) is 15.1. The Bertz CT molecular complexity index is 1050. The minimum absolute atomic E-state index is 0.562. The number of nitriles is 2. The van der Waals surface area contributed by atoms with Crippen molar-refractivity contribution in [2.24, 2.45) is 0 Å². The number of allylic oxidation sites excluding steroid dienone is 8. The van der Waals surface area contributed by atoms with Gasteiger partial charge in [0, 0.05) is 0 Å². The molecule has 0 aliphatic rings. The van der Waals surface area contributed by atoms with Crippen molar-refractivity contribution >= 4 is 17.2 Å². The van der Waals surface area contributed by atoms with E-state index in [-0.39, 0.29) is 0 Å². The van der Waals surface area contributed by atoms with E-state index in [1.165, 1.54) is 5.56 Å². The number of benzene rings is 2. The Morgan fingerprint density at radius 3 is 1.94 bits per heavy atom. The topological polar surface area (TPSA) is 47.6 Å². The number of hydrogen-bond acceptors (Lipinski definition) is 2. The first-order valence-electron chi connectivity index (χ1n) is 10.5. The lowest BCUT2D eigenvalue weighted by Gasteiger charge is -2.04. The molecule has 2 nitrogen and oxygen atoms in total. The van der Waals surface area contributed by atoms with Crippen LogP contribution in [-0.4, -0.2) is 0 Å². The van der Waals surface area contributed by atoms with Gasteiger partial charge in [-0.25, -0.2) is 0 Å². The smallest absolute Gasteiger partial charge is 0.0998 e. The van der Waals surface area contributed by atoms with Gasteiger partial charge in [-0.15, -0.1) is 0 Å². The molecule has 2 aromatic carbocycles. The fourth-order valence-electron chi connectivity index (χ4n) is 2.73. The van der Waals surface area contributed by atoms with Crippen LogP contribution in [-0.2, 0) is 0 Å². The van der Waals surface area contributed by atoms with E-state index in [1.54, 1.807) is 6.08 Å². The van der Waals surface area contributed by atoms with E-state index in [0.717, 1.165) is 28.7 Å². The molecular weight excluding hydrogens is 376 g/mol. The molecule has 0 saturated carbocycles. The zero-order chi connectivity index (χ0) is 23.1. The summed E-state index contributed by atoms with van der Waals surface area (Å²) in [5.74, 6) is 0. The lowest BCUT2D eigenvalue weighted by atomic mass is 9.98. The third kappa shape index (κ3) is 8.17. The Labute approximate surface area is 187 Å². The summed E-state index contributed by atoms with van der Waals surface area (Å²) in [6, 6.07) is 20.1. The lowest BCUT2D eigenvalue weighted by Crippen LogP contribution is -1.87. The third-order valence-corrected chi connectivity index (χ3v) is 4.30. The number of nitrogens with zero attached hydrogens (tertiary/aromatic N) is 2. The van der Waals surface area contributed by atoms with Crippen LogP contribution < -0.4 is 0 Å². The van der Waals surface area contributed by atoms with Crippen LogP contribution in [0, 0.1) is 29.6 Å². The highest BCUT2D eigenvalue weighted by Crippen LogP contribution is 2.22. The number of hydrogen-bond donors (Lipinski definition) is 0. The van der Waals surface area contributed by atoms with Gasteiger partial charge in [0.05, 0.1) is 23.3 Å². The van der Waals surface area contributed by atoms with E-state index < -0.39 is 0 Å². The summed E-state index contributed by atoms with van der Waals surface area (Å²) in [6.07, 6.45) is 12.2. The minimum Gasteiger partial charge on any atom is -0.192 e. The summed E-state index contributed by atoms with van der Waals surface area (Å²) in [6.45, 7) is 11.8. The van der Waals surface area contributed by atoms with Gasteiger partial charge in [-0.2, -0.15) is 10.5 Å². The second-order valence-electron chi connectivity index (χ2n) is 6.54. The van der Waals surface area contributed by atoms with Crippen molar-refractivity contribution in [2.45, 2.75) is 34.1 Å². The normalized spacial score (nSPS) is 11.9. The van der Waals surface area contributed by atoms with Crippen molar-refractivity contribution in [2.75, 3.05) is 0 Å². The quantitative estimate of drug-likeness (QED) is 0.265. The number of aryl methyl sites for hydroxylation is 1. The van der Waals surface area contributed by atoms with E-state index in [0.29, 0.717) is 11.1 Å². The monoisotopic (exact) mass is 406 g/mol. The zero-order valence-electron chi connectivity index (χ0n) is 18.9. The summed E-state index contributed by atoms with van der Waals surface area (Å²) < 4.78 is 0. The molecule has 0 radical (unpaired) electrons. The summed E-state index contributed by atoms with van der Waals surface area (Å²) in [7, 11) is 0. The lowest BCUT2D eigenvalue weighted by molar-refractivity contribution is 1.22. The highest BCUT2D eigenvalue weighted by atomic mass is 14.3. The van der Waals surface area contributed by atoms with Gasteiger partial charge >= 0.3 is 0 Å². The van der Waals surface area contributed by atoms with Gasteiger partial charge in [-0.1, -0.05) is 106 Å². The maximum atomic E-state index is 9.60. The second-order valence-corrected chi connectivity index (χ2v) is 6.54. The summed E-state index contributed by atoms with van der Waals surface area (Å²) >= 11 is 0. The van der Waals surface area contributed by atoms with Crippen molar-refractivity contribution in [3.8, 4) is 12.1 Å². The fraction of sp³-hybridized carbons (Fsp3) is 0.172. The molecule has 0 aliphatic carbocycles. The molecule has 0 saturated heterocycles. The summed E-state index contributed by atoms with van der Waals surface area (Å²) in [5.41, 5.74) is 5.85. The van der Waals surface area contributed by atoms with Crippen LogP contribution in [0.15, 0.2) is 91.1 Å². The van der Waals surface area contributed by atoms with Crippen molar-refractivity contribution in [1.82, 2.24) is 0 Å². The predicted octanol–water partition coefficient (Wildman–Crippen LogP) is 8.07. The average molecular weight is 407 g/mol. The Hall–Kier alpha value is -3.88. The molecule has 0 atom stereocenters. The number of rotatable bonds is 7. The van der Waals surface area contributed by atoms with E-state index in [4.69, 9.17) is 0 Å². The maximum Gasteiger partial charge on any atom is 0.0998 e. The molecule has 0 heterocycles. The standard InChI is InChI=1S/C27H24N2.C2H6/c1-4-6-8-22(7-5-2)17-26(19-28)24-13-15-25(16-14-24)27(20-29)18-23-11-9-21(3)10-12-23;1-2/h5-18H,2,4H2,1,3H3;1-2H3/b8-6-,22-7+,26-17+,27-18+;. The van der Waals surface area contributed by atoms with E-state index in [9.17, 15) is 10.5 Å². The molecule has 0 spiro atoms. The van der Waals surface area contributed by atoms with Gasteiger partial charge in [0.25, 0.3) is 0 Å². The van der Waals surface area contributed by atoms with Gasteiger partial charge in [-0.3, -0.25) is 0 Å². The van der Waals surface area contributed by atoms with E-state index in [1.807, 2.05) is 99.7 Å². The maximum absolute atomic E-state index is 9.60.